The fourth-order valence-electron chi connectivity index (χ4n) is 3.51. The van der Waals surface area contributed by atoms with Crippen molar-refractivity contribution in [2.75, 3.05) is 11.9 Å². The van der Waals surface area contributed by atoms with Crippen LogP contribution in [-0.4, -0.2) is 18.4 Å². The summed E-state index contributed by atoms with van der Waals surface area (Å²) in [6.07, 6.45) is 6.15. The third-order valence-electron chi connectivity index (χ3n) is 5.43. The van der Waals surface area contributed by atoms with E-state index >= 15 is 0 Å². The predicted molar refractivity (Wildman–Crippen MR) is 113 cm³/mol. The molecule has 3 rings (SSSR count). The van der Waals surface area contributed by atoms with Crippen molar-refractivity contribution in [2.45, 2.75) is 57.3 Å². The number of anilines is 1. The van der Waals surface area contributed by atoms with Crippen LogP contribution in [0.1, 0.15) is 56.6 Å². The molecule has 148 valence electrons. The number of carbonyl (C=O) groups excluding carboxylic acids is 2. The predicted octanol–water partition coefficient (Wildman–Crippen LogP) is 4.60. The lowest BCUT2D eigenvalue weighted by molar-refractivity contribution is -0.123. The van der Waals surface area contributed by atoms with Gasteiger partial charge in [-0.2, -0.15) is 0 Å². The summed E-state index contributed by atoms with van der Waals surface area (Å²) in [5.41, 5.74) is 2.76. The van der Waals surface area contributed by atoms with Crippen LogP contribution in [0.15, 0.2) is 54.6 Å². The zero-order valence-electron chi connectivity index (χ0n) is 16.7. The molecule has 1 saturated carbocycles. The van der Waals surface area contributed by atoms with Crippen LogP contribution in [0.4, 0.5) is 5.69 Å². The van der Waals surface area contributed by atoms with Crippen molar-refractivity contribution >= 4 is 17.5 Å². The van der Waals surface area contributed by atoms with E-state index in [1.54, 1.807) is 0 Å². The lowest BCUT2D eigenvalue weighted by Gasteiger charge is -2.16. The van der Waals surface area contributed by atoms with Gasteiger partial charge in [0.15, 0.2) is 0 Å². The Morgan fingerprint density at radius 2 is 1.68 bits per heavy atom. The highest BCUT2D eigenvalue weighted by Gasteiger charge is 2.50. The highest BCUT2D eigenvalue weighted by Crippen LogP contribution is 2.48. The first-order chi connectivity index (χ1) is 13.6. The molecule has 0 aromatic heterocycles. The summed E-state index contributed by atoms with van der Waals surface area (Å²) < 4.78 is 0. The second-order valence-electron chi connectivity index (χ2n) is 7.66. The number of carbonyl (C=O) groups is 2. The lowest BCUT2D eigenvalue weighted by Crippen LogP contribution is -2.35. The first-order valence-electron chi connectivity index (χ1n) is 10.4. The van der Waals surface area contributed by atoms with Gasteiger partial charge in [-0.15, -0.1) is 0 Å². The van der Waals surface area contributed by atoms with Crippen LogP contribution in [0.5, 0.6) is 0 Å². The van der Waals surface area contributed by atoms with Gasteiger partial charge in [-0.3, -0.25) is 9.59 Å². The van der Waals surface area contributed by atoms with Gasteiger partial charge < -0.3 is 10.6 Å². The standard InChI is InChI=1S/C24H30N2O2/c1-2-3-11-22(27)26-21-14-12-20(13-15-21)24(16-17-24)23(28)25-18-7-10-19-8-5-4-6-9-19/h4-6,8-9,12-15H,2-3,7,10-11,16-18H2,1H3,(H,25,28)(H,26,27). The Morgan fingerprint density at radius 3 is 2.32 bits per heavy atom. The Kier molecular flexibility index (Phi) is 6.85. The van der Waals surface area contributed by atoms with Gasteiger partial charge in [0.05, 0.1) is 5.41 Å². The number of nitrogens with one attached hydrogen (secondary N) is 2. The molecule has 0 bridgehead atoms. The molecule has 2 N–H and O–H groups in total. The summed E-state index contributed by atoms with van der Waals surface area (Å²) in [6, 6.07) is 18.1. The first-order valence-corrected chi connectivity index (χ1v) is 10.4. The van der Waals surface area contributed by atoms with Crippen molar-refractivity contribution in [1.82, 2.24) is 5.32 Å². The highest BCUT2D eigenvalue weighted by molar-refractivity contribution is 5.92. The van der Waals surface area contributed by atoms with Crippen LogP contribution in [-0.2, 0) is 21.4 Å². The molecule has 2 aromatic rings. The molecule has 0 saturated heterocycles. The van der Waals surface area contributed by atoms with Gasteiger partial charge >= 0.3 is 0 Å². The Hall–Kier alpha value is -2.62. The summed E-state index contributed by atoms with van der Waals surface area (Å²) in [5, 5.41) is 6.04. The van der Waals surface area contributed by atoms with Crippen LogP contribution in [0.3, 0.4) is 0 Å². The fraction of sp³-hybridized carbons (Fsp3) is 0.417. The van der Waals surface area contributed by atoms with Crippen molar-refractivity contribution in [3.63, 3.8) is 0 Å². The molecule has 4 heteroatoms. The average molecular weight is 379 g/mol. The first kappa shape index (κ1) is 20.1. The van der Waals surface area contributed by atoms with E-state index in [4.69, 9.17) is 0 Å². The van der Waals surface area contributed by atoms with Crippen LogP contribution in [0, 0.1) is 0 Å². The van der Waals surface area contributed by atoms with Gasteiger partial charge in [0.2, 0.25) is 11.8 Å². The lowest BCUT2D eigenvalue weighted by atomic mass is 9.94. The molecule has 0 heterocycles. The normalized spacial score (nSPS) is 14.3. The summed E-state index contributed by atoms with van der Waals surface area (Å²) in [4.78, 5) is 24.6. The molecular formula is C24H30N2O2. The number of hydrogen-bond donors (Lipinski definition) is 2. The van der Waals surface area contributed by atoms with E-state index in [2.05, 4.69) is 29.7 Å². The third-order valence-corrected chi connectivity index (χ3v) is 5.43. The molecule has 28 heavy (non-hydrogen) atoms. The van der Waals surface area contributed by atoms with Gasteiger partial charge in [0.1, 0.15) is 0 Å². The Labute approximate surface area is 167 Å². The monoisotopic (exact) mass is 378 g/mol. The van der Waals surface area contributed by atoms with E-state index in [1.807, 2.05) is 42.5 Å². The third kappa shape index (κ3) is 5.22. The van der Waals surface area contributed by atoms with Crippen molar-refractivity contribution in [2.24, 2.45) is 0 Å². The minimum atomic E-state index is -0.377. The minimum absolute atomic E-state index is 0.0481. The van der Waals surface area contributed by atoms with Crippen molar-refractivity contribution in [1.29, 1.82) is 0 Å². The summed E-state index contributed by atoms with van der Waals surface area (Å²) >= 11 is 0. The number of benzene rings is 2. The second-order valence-corrected chi connectivity index (χ2v) is 7.66. The van der Waals surface area contributed by atoms with Gasteiger partial charge in [0, 0.05) is 18.7 Å². The molecule has 0 radical (unpaired) electrons. The van der Waals surface area contributed by atoms with Crippen LogP contribution >= 0.6 is 0 Å². The van der Waals surface area contributed by atoms with Gasteiger partial charge in [0.25, 0.3) is 0 Å². The highest BCUT2D eigenvalue weighted by atomic mass is 16.2. The van der Waals surface area contributed by atoms with Crippen LogP contribution in [0.2, 0.25) is 0 Å². The van der Waals surface area contributed by atoms with Crippen molar-refractivity contribution in [3.05, 3.63) is 65.7 Å². The second kappa shape index (κ2) is 9.54. The number of aryl methyl sites for hydroxylation is 1. The van der Waals surface area contributed by atoms with E-state index in [0.717, 1.165) is 49.8 Å². The maximum atomic E-state index is 12.7. The molecule has 0 unspecified atom stereocenters. The number of hydrogen-bond acceptors (Lipinski definition) is 2. The maximum Gasteiger partial charge on any atom is 0.230 e. The summed E-state index contributed by atoms with van der Waals surface area (Å²) in [7, 11) is 0. The van der Waals surface area contributed by atoms with E-state index in [0.29, 0.717) is 13.0 Å². The van der Waals surface area contributed by atoms with Crippen LogP contribution < -0.4 is 10.6 Å². The van der Waals surface area contributed by atoms with Gasteiger partial charge in [-0.25, -0.2) is 0 Å². The van der Waals surface area contributed by atoms with Gasteiger partial charge in [-0.1, -0.05) is 55.8 Å². The molecule has 0 aliphatic heterocycles. The molecule has 1 aliphatic carbocycles. The fourth-order valence-corrected chi connectivity index (χ4v) is 3.51. The zero-order valence-corrected chi connectivity index (χ0v) is 16.7. The molecule has 0 spiro atoms. The topological polar surface area (TPSA) is 58.2 Å². The summed E-state index contributed by atoms with van der Waals surface area (Å²) in [5.74, 6) is 0.173. The van der Waals surface area contributed by atoms with Crippen molar-refractivity contribution < 1.29 is 9.59 Å². The zero-order chi connectivity index (χ0) is 19.8. The number of rotatable bonds is 10. The molecule has 4 nitrogen and oxygen atoms in total. The Morgan fingerprint density at radius 1 is 0.964 bits per heavy atom. The molecule has 0 atom stereocenters. The largest absolute Gasteiger partial charge is 0.355 e. The Bertz CT molecular complexity index is 780. The summed E-state index contributed by atoms with van der Waals surface area (Å²) in [6.45, 7) is 2.77. The van der Waals surface area contributed by atoms with E-state index < -0.39 is 0 Å². The molecule has 1 fully saturated rings. The minimum Gasteiger partial charge on any atom is -0.355 e. The van der Waals surface area contributed by atoms with Gasteiger partial charge in [-0.05, 0) is 55.4 Å². The van der Waals surface area contributed by atoms with E-state index in [1.165, 1.54) is 5.56 Å². The Balaban J connectivity index is 1.48. The van der Waals surface area contributed by atoms with E-state index in [-0.39, 0.29) is 17.2 Å². The average Bonchev–Trinajstić information content (AvgIpc) is 3.53. The molecule has 2 aromatic carbocycles. The number of amides is 2. The molecule has 1 aliphatic rings. The van der Waals surface area contributed by atoms with Crippen LogP contribution in [0.25, 0.3) is 0 Å². The molecular weight excluding hydrogens is 348 g/mol. The van der Waals surface area contributed by atoms with E-state index in [9.17, 15) is 9.59 Å². The molecule has 2 amide bonds. The smallest absolute Gasteiger partial charge is 0.230 e. The maximum absolute atomic E-state index is 12.7. The number of unbranched alkanes of at least 4 members (excludes halogenated alkanes) is 1. The van der Waals surface area contributed by atoms with Crippen molar-refractivity contribution in [3.8, 4) is 0 Å². The quantitative estimate of drug-likeness (QED) is 0.594. The SMILES string of the molecule is CCCCC(=O)Nc1ccc(C2(C(=O)NCCCc3ccccc3)CC2)cc1.